The van der Waals surface area contributed by atoms with E-state index in [4.69, 9.17) is 14.2 Å². The van der Waals surface area contributed by atoms with Gasteiger partial charge in [-0.05, 0) is 50.6 Å². The number of allylic oxidation sites excluding steroid dienone is 1. The van der Waals surface area contributed by atoms with E-state index in [1.165, 1.54) is 7.11 Å². The first-order valence-electron chi connectivity index (χ1n) is 8.95. The normalized spacial score (nSPS) is 11.6. The van der Waals surface area contributed by atoms with E-state index >= 15 is 0 Å². The molecule has 0 saturated carbocycles. The predicted octanol–water partition coefficient (Wildman–Crippen LogP) is 3.57. The van der Waals surface area contributed by atoms with Crippen molar-refractivity contribution in [3.8, 4) is 11.5 Å². The van der Waals surface area contributed by atoms with Crippen LogP contribution in [0.15, 0.2) is 29.4 Å². The number of likely N-dealkylation sites (N-methyl/N-ethyl adjacent to an activating group) is 1. The van der Waals surface area contributed by atoms with Crippen LogP contribution in [0, 0.1) is 13.8 Å². The molecular weight excluding hydrogens is 332 g/mol. The van der Waals surface area contributed by atoms with E-state index in [1.807, 2.05) is 45.1 Å². The summed E-state index contributed by atoms with van der Waals surface area (Å²) in [5.74, 6) is 1.78. The fraction of sp³-hybridized carbons (Fsp3) is 0.550. The van der Waals surface area contributed by atoms with Crippen LogP contribution in [0.3, 0.4) is 0 Å². The lowest BCUT2D eigenvalue weighted by Crippen LogP contribution is -2.31. The zero-order valence-corrected chi connectivity index (χ0v) is 16.7. The summed E-state index contributed by atoms with van der Waals surface area (Å²) in [6, 6.07) is 4.03. The van der Waals surface area contributed by atoms with Gasteiger partial charge in [0.05, 0.1) is 19.4 Å². The maximum Gasteiger partial charge on any atom is 0.142 e. The number of rotatable bonds is 13. The summed E-state index contributed by atoms with van der Waals surface area (Å²) < 4.78 is 17.2. The monoisotopic (exact) mass is 364 g/mol. The summed E-state index contributed by atoms with van der Waals surface area (Å²) in [6.07, 6.45) is 5.56. The minimum absolute atomic E-state index is 0.444. The third kappa shape index (κ3) is 8.36. The van der Waals surface area contributed by atoms with Gasteiger partial charge in [0, 0.05) is 6.54 Å². The number of oxime groups is 1. The van der Waals surface area contributed by atoms with Crippen LogP contribution in [0.5, 0.6) is 11.5 Å². The number of aryl methyl sites for hydroxylation is 2. The Morgan fingerprint density at radius 2 is 1.85 bits per heavy atom. The molecule has 0 fully saturated rings. The average molecular weight is 364 g/mol. The largest absolute Gasteiger partial charge is 0.490 e. The lowest BCUT2D eigenvalue weighted by Gasteiger charge is -2.22. The highest BCUT2D eigenvalue weighted by atomic mass is 16.6. The van der Waals surface area contributed by atoms with Gasteiger partial charge in [-0.2, -0.15) is 0 Å². The van der Waals surface area contributed by atoms with Crippen LogP contribution in [-0.2, 0) is 9.57 Å². The molecule has 0 aliphatic carbocycles. The SMILES string of the molecule is C/C=C/COc1cc(C)c(OCN(CC)CCOC/C=N/OC)c(C)c1. The summed E-state index contributed by atoms with van der Waals surface area (Å²) in [5, 5.41) is 3.63. The van der Waals surface area contributed by atoms with Crippen LogP contribution in [0.4, 0.5) is 0 Å². The Labute approximate surface area is 157 Å². The molecule has 0 aliphatic rings. The molecule has 0 N–H and O–H groups in total. The molecule has 0 heterocycles. The number of hydrogen-bond acceptors (Lipinski definition) is 6. The topological polar surface area (TPSA) is 52.5 Å². The first kappa shape index (κ1) is 22.0. The van der Waals surface area contributed by atoms with Gasteiger partial charge in [-0.3, -0.25) is 4.90 Å². The molecule has 0 aliphatic heterocycles. The zero-order chi connectivity index (χ0) is 19.2. The van der Waals surface area contributed by atoms with Crippen molar-refractivity contribution in [1.82, 2.24) is 4.90 Å². The minimum atomic E-state index is 0.444. The molecule has 0 spiro atoms. The molecule has 0 saturated heterocycles. The molecule has 0 radical (unpaired) electrons. The van der Waals surface area contributed by atoms with Crippen molar-refractivity contribution < 1.29 is 19.0 Å². The quantitative estimate of drug-likeness (QED) is 0.176. The van der Waals surface area contributed by atoms with Crippen LogP contribution in [0.2, 0.25) is 0 Å². The lowest BCUT2D eigenvalue weighted by molar-refractivity contribution is 0.0834. The van der Waals surface area contributed by atoms with Gasteiger partial charge in [0.15, 0.2) is 0 Å². The fourth-order valence-corrected chi connectivity index (χ4v) is 2.37. The van der Waals surface area contributed by atoms with Crippen molar-refractivity contribution in [3.63, 3.8) is 0 Å². The summed E-state index contributed by atoms with van der Waals surface area (Å²) in [5.41, 5.74) is 2.15. The first-order valence-corrected chi connectivity index (χ1v) is 8.95. The molecule has 0 unspecified atom stereocenters. The molecule has 1 aromatic rings. The van der Waals surface area contributed by atoms with Gasteiger partial charge in [0.25, 0.3) is 0 Å². The smallest absolute Gasteiger partial charge is 0.142 e. The average Bonchev–Trinajstić information content (AvgIpc) is 2.62. The maximum absolute atomic E-state index is 6.05. The molecule has 146 valence electrons. The van der Waals surface area contributed by atoms with Crippen LogP contribution in [0.25, 0.3) is 0 Å². The Kier molecular flexibility index (Phi) is 11.2. The van der Waals surface area contributed by atoms with E-state index in [-0.39, 0.29) is 0 Å². The van der Waals surface area contributed by atoms with Gasteiger partial charge in [-0.15, -0.1) is 0 Å². The Bertz CT molecular complexity index is 550. The van der Waals surface area contributed by atoms with E-state index in [0.717, 1.165) is 35.7 Å². The second kappa shape index (κ2) is 13.2. The number of hydrogen-bond donors (Lipinski definition) is 0. The van der Waals surface area contributed by atoms with Gasteiger partial charge in [-0.25, -0.2) is 0 Å². The summed E-state index contributed by atoms with van der Waals surface area (Å²) >= 11 is 0. The Balaban J connectivity index is 2.49. The van der Waals surface area contributed by atoms with Gasteiger partial charge in [0.1, 0.15) is 31.9 Å². The molecule has 1 aromatic carbocycles. The Hall–Kier alpha value is -2.05. The highest BCUT2D eigenvalue weighted by Gasteiger charge is 2.09. The van der Waals surface area contributed by atoms with E-state index in [1.54, 1.807) is 6.21 Å². The molecule has 26 heavy (non-hydrogen) atoms. The molecule has 0 amide bonds. The number of nitrogens with zero attached hydrogens (tertiary/aromatic N) is 2. The first-order chi connectivity index (χ1) is 12.6. The van der Waals surface area contributed by atoms with E-state index in [0.29, 0.717) is 26.6 Å². The van der Waals surface area contributed by atoms with Gasteiger partial charge >= 0.3 is 0 Å². The number of ether oxygens (including phenoxy) is 3. The van der Waals surface area contributed by atoms with E-state index in [2.05, 4.69) is 21.8 Å². The maximum atomic E-state index is 6.05. The number of benzene rings is 1. The third-order valence-electron chi connectivity index (χ3n) is 3.78. The van der Waals surface area contributed by atoms with E-state index in [9.17, 15) is 0 Å². The summed E-state index contributed by atoms with van der Waals surface area (Å²) in [4.78, 5) is 6.77. The van der Waals surface area contributed by atoms with Crippen LogP contribution < -0.4 is 9.47 Å². The fourth-order valence-electron chi connectivity index (χ4n) is 2.37. The van der Waals surface area contributed by atoms with Crippen LogP contribution >= 0.6 is 0 Å². The van der Waals surface area contributed by atoms with Crippen molar-refractivity contribution >= 4 is 6.21 Å². The van der Waals surface area contributed by atoms with Gasteiger partial charge in [0.2, 0.25) is 0 Å². The molecule has 6 nitrogen and oxygen atoms in total. The second-order valence-electron chi connectivity index (χ2n) is 5.80. The van der Waals surface area contributed by atoms with Crippen molar-refractivity contribution in [2.24, 2.45) is 5.16 Å². The Morgan fingerprint density at radius 3 is 2.46 bits per heavy atom. The van der Waals surface area contributed by atoms with Crippen LogP contribution in [-0.4, -0.2) is 57.9 Å². The molecule has 6 heteroatoms. The lowest BCUT2D eigenvalue weighted by atomic mass is 10.1. The second-order valence-corrected chi connectivity index (χ2v) is 5.80. The van der Waals surface area contributed by atoms with Crippen molar-refractivity contribution in [2.45, 2.75) is 27.7 Å². The zero-order valence-electron chi connectivity index (χ0n) is 16.7. The molecular formula is C20H32N2O4. The van der Waals surface area contributed by atoms with Crippen molar-refractivity contribution in [2.75, 3.05) is 46.8 Å². The molecule has 1 rings (SSSR count). The van der Waals surface area contributed by atoms with Crippen LogP contribution in [0.1, 0.15) is 25.0 Å². The molecule has 0 aromatic heterocycles. The van der Waals surface area contributed by atoms with Crippen molar-refractivity contribution in [1.29, 1.82) is 0 Å². The molecule has 0 bridgehead atoms. The Morgan fingerprint density at radius 1 is 1.12 bits per heavy atom. The van der Waals surface area contributed by atoms with Gasteiger partial charge < -0.3 is 19.0 Å². The minimum Gasteiger partial charge on any atom is -0.490 e. The molecule has 0 atom stereocenters. The van der Waals surface area contributed by atoms with E-state index < -0.39 is 0 Å². The predicted molar refractivity (Wildman–Crippen MR) is 105 cm³/mol. The highest BCUT2D eigenvalue weighted by molar-refractivity contribution is 5.57. The van der Waals surface area contributed by atoms with Gasteiger partial charge in [-0.1, -0.05) is 24.2 Å². The highest BCUT2D eigenvalue weighted by Crippen LogP contribution is 2.28. The summed E-state index contributed by atoms with van der Waals surface area (Å²) in [6.45, 7) is 12.0. The standard InChI is InChI=1S/C20H32N2O4/c1-6-8-11-25-19-14-17(3)20(18(4)15-19)26-16-22(7-2)10-13-24-12-9-21-23-5/h6,8-9,14-15H,7,10-13,16H2,1-5H3/b8-6+,21-9+. The summed E-state index contributed by atoms with van der Waals surface area (Å²) in [7, 11) is 1.51. The van der Waals surface area contributed by atoms with Crippen molar-refractivity contribution in [3.05, 3.63) is 35.4 Å². The third-order valence-corrected chi connectivity index (χ3v) is 3.78.